The molecule has 0 saturated carbocycles. The highest BCUT2D eigenvalue weighted by Crippen LogP contribution is 2.36. The number of carbonyl (C=O) groups is 2. The minimum atomic E-state index is -5.19. The van der Waals surface area contributed by atoms with Crippen molar-refractivity contribution in [3.05, 3.63) is 57.9 Å². The summed E-state index contributed by atoms with van der Waals surface area (Å²) < 4.78 is 92.4. The maximum atomic E-state index is 13.7. The number of rotatable bonds is 3. The van der Waals surface area contributed by atoms with Crippen molar-refractivity contribution in [3.63, 3.8) is 0 Å². The summed E-state index contributed by atoms with van der Waals surface area (Å²) in [5, 5.41) is 3.97. The first-order valence-electron chi connectivity index (χ1n) is 9.51. The molecule has 1 aliphatic heterocycles. The van der Waals surface area contributed by atoms with Crippen LogP contribution in [-0.2, 0) is 17.1 Å². The smallest absolute Gasteiger partial charge is 0.353 e. The Morgan fingerprint density at radius 1 is 1.21 bits per heavy atom. The molecule has 34 heavy (non-hydrogen) atoms. The Morgan fingerprint density at radius 3 is 2.44 bits per heavy atom. The SMILES string of the molecule is CC1C(=O)NCCN1C(=O)NC(c1cnc(C(F)(F)F)c(Cl)c1)c1ccc(F)c(C(F)(F)F)n1. The number of nitrogens with zero attached hydrogens (tertiary/aromatic N) is 3. The number of amides is 3. The molecule has 2 N–H and O–H groups in total. The number of aromatic nitrogens is 2. The molecule has 3 heterocycles. The van der Waals surface area contributed by atoms with Crippen LogP contribution in [0.15, 0.2) is 24.4 Å². The van der Waals surface area contributed by atoms with E-state index in [4.69, 9.17) is 11.6 Å². The zero-order valence-corrected chi connectivity index (χ0v) is 17.8. The highest BCUT2D eigenvalue weighted by Gasteiger charge is 2.39. The van der Waals surface area contributed by atoms with Crippen molar-refractivity contribution in [2.45, 2.75) is 31.4 Å². The number of alkyl halides is 6. The van der Waals surface area contributed by atoms with E-state index in [9.17, 15) is 40.3 Å². The predicted octanol–water partition coefficient (Wildman–Crippen LogP) is 3.93. The fraction of sp³-hybridized carbons (Fsp3) is 0.368. The molecule has 0 bridgehead atoms. The minimum Gasteiger partial charge on any atom is -0.353 e. The van der Waals surface area contributed by atoms with E-state index < -0.39 is 64.3 Å². The molecule has 2 atom stereocenters. The molecule has 0 aliphatic carbocycles. The average molecular weight is 514 g/mol. The van der Waals surface area contributed by atoms with Gasteiger partial charge in [0.05, 0.1) is 16.8 Å². The molecule has 0 radical (unpaired) electrons. The van der Waals surface area contributed by atoms with Crippen molar-refractivity contribution in [1.29, 1.82) is 0 Å². The molecule has 1 fully saturated rings. The number of piperazine rings is 1. The van der Waals surface area contributed by atoms with E-state index in [2.05, 4.69) is 20.6 Å². The average Bonchev–Trinajstić information content (AvgIpc) is 2.72. The van der Waals surface area contributed by atoms with Crippen LogP contribution in [0.5, 0.6) is 0 Å². The van der Waals surface area contributed by atoms with Gasteiger partial charge in [-0.1, -0.05) is 11.6 Å². The number of halogens is 8. The zero-order valence-electron chi connectivity index (χ0n) is 17.1. The van der Waals surface area contributed by atoms with E-state index in [0.717, 1.165) is 17.0 Å². The molecule has 0 spiro atoms. The highest BCUT2D eigenvalue weighted by molar-refractivity contribution is 6.31. The fourth-order valence-electron chi connectivity index (χ4n) is 3.23. The third-order valence-electron chi connectivity index (χ3n) is 4.92. The summed E-state index contributed by atoms with van der Waals surface area (Å²) in [5.74, 6) is -2.18. The summed E-state index contributed by atoms with van der Waals surface area (Å²) in [7, 11) is 0. The molecule has 184 valence electrons. The first-order chi connectivity index (χ1) is 15.7. The van der Waals surface area contributed by atoms with Gasteiger partial charge in [0.2, 0.25) is 5.91 Å². The van der Waals surface area contributed by atoms with E-state index >= 15 is 0 Å². The topological polar surface area (TPSA) is 87.2 Å². The van der Waals surface area contributed by atoms with Crippen LogP contribution in [0.1, 0.15) is 35.6 Å². The Morgan fingerprint density at radius 2 is 1.85 bits per heavy atom. The Labute approximate surface area is 192 Å². The van der Waals surface area contributed by atoms with E-state index in [0.29, 0.717) is 12.3 Å². The Hall–Kier alpha value is -3.16. The number of carbonyl (C=O) groups excluding carboxylic acids is 2. The van der Waals surface area contributed by atoms with Gasteiger partial charge in [-0.2, -0.15) is 26.3 Å². The Balaban J connectivity index is 2.07. The summed E-state index contributed by atoms with van der Waals surface area (Å²) in [5.41, 5.74) is -4.14. The molecule has 1 aliphatic rings. The fourth-order valence-corrected chi connectivity index (χ4v) is 3.51. The predicted molar refractivity (Wildman–Crippen MR) is 103 cm³/mol. The lowest BCUT2D eigenvalue weighted by Gasteiger charge is -2.34. The molecule has 1 saturated heterocycles. The van der Waals surface area contributed by atoms with Crippen molar-refractivity contribution in [3.8, 4) is 0 Å². The first-order valence-corrected chi connectivity index (χ1v) is 9.89. The van der Waals surface area contributed by atoms with Crippen LogP contribution >= 0.6 is 11.6 Å². The van der Waals surface area contributed by atoms with Gasteiger partial charge in [-0.15, -0.1) is 0 Å². The van der Waals surface area contributed by atoms with Crippen LogP contribution < -0.4 is 10.6 Å². The lowest BCUT2D eigenvalue weighted by molar-refractivity contribution is -0.144. The molecule has 2 aromatic rings. The van der Waals surface area contributed by atoms with Crippen molar-refractivity contribution in [2.75, 3.05) is 13.1 Å². The van der Waals surface area contributed by atoms with Crippen molar-refractivity contribution in [1.82, 2.24) is 25.5 Å². The van der Waals surface area contributed by atoms with Gasteiger partial charge in [-0.25, -0.2) is 19.2 Å². The second kappa shape index (κ2) is 9.24. The molecule has 15 heteroatoms. The second-order valence-electron chi connectivity index (χ2n) is 7.20. The number of pyridine rings is 2. The maximum absolute atomic E-state index is 13.7. The van der Waals surface area contributed by atoms with Crippen LogP contribution in [-0.4, -0.2) is 45.9 Å². The van der Waals surface area contributed by atoms with Gasteiger partial charge in [0.25, 0.3) is 0 Å². The molecule has 3 rings (SSSR count). The van der Waals surface area contributed by atoms with Crippen LogP contribution in [0, 0.1) is 5.82 Å². The summed E-state index contributed by atoms with van der Waals surface area (Å²) in [6, 6.07) is -1.45. The lowest BCUT2D eigenvalue weighted by Crippen LogP contribution is -2.58. The number of hydrogen-bond donors (Lipinski definition) is 2. The van der Waals surface area contributed by atoms with Gasteiger partial charge in [0.15, 0.2) is 17.2 Å². The van der Waals surface area contributed by atoms with Crippen LogP contribution in [0.25, 0.3) is 0 Å². The normalized spacial score (nSPS) is 17.9. The second-order valence-corrected chi connectivity index (χ2v) is 7.61. The Bertz CT molecular complexity index is 1110. The van der Waals surface area contributed by atoms with Gasteiger partial charge in [0, 0.05) is 24.8 Å². The van der Waals surface area contributed by atoms with Crippen molar-refractivity contribution >= 4 is 23.5 Å². The largest absolute Gasteiger partial charge is 0.436 e. The lowest BCUT2D eigenvalue weighted by atomic mass is 10.0. The minimum absolute atomic E-state index is 0.0438. The quantitative estimate of drug-likeness (QED) is 0.609. The molecule has 3 amide bonds. The molecular weight excluding hydrogens is 499 g/mol. The monoisotopic (exact) mass is 513 g/mol. The molecule has 2 aromatic heterocycles. The van der Waals surface area contributed by atoms with Gasteiger partial charge in [-0.3, -0.25) is 4.79 Å². The van der Waals surface area contributed by atoms with Crippen molar-refractivity contribution < 1.29 is 40.3 Å². The van der Waals surface area contributed by atoms with Crippen LogP contribution in [0.4, 0.5) is 35.5 Å². The first kappa shape index (κ1) is 25.5. The van der Waals surface area contributed by atoms with E-state index in [1.807, 2.05) is 0 Å². The van der Waals surface area contributed by atoms with Crippen molar-refractivity contribution in [2.24, 2.45) is 0 Å². The molecule has 7 nitrogen and oxygen atoms in total. The van der Waals surface area contributed by atoms with Gasteiger partial charge >= 0.3 is 18.4 Å². The Kier molecular flexibility index (Phi) is 6.92. The number of hydrogen-bond acceptors (Lipinski definition) is 4. The zero-order chi connectivity index (χ0) is 25.4. The molecule has 0 aromatic carbocycles. The third kappa shape index (κ3) is 5.32. The maximum Gasteiger partial charge on any atom is 0.436 e. The van der Waals surface area contributed by atoms with E-state index in [1.54, 1.807) is 0 Å². The number of urea groups is 1. The summed E-state index contributed by atoms with van der Waals surface area (Å²) in [6.07, 6.45) is -9.45. The van der Waals surface area contributed by atoms with Gasteiger partial charge in [0.1, 0.15) is 6.04 Å². The summed E-state index contributed by atoms with van der Waals surface area (Å²) >= 11 is 5.68. The summed E-state index contributed by atoms with van der Waals surface area (Å²) in [6.45, 7) is 1.54. The van der Waals surface area contributed by atoms with Gasteiger partial charge < -0.3 is 15.5 Å². The molecular formula is C19H15ClF7N5O2. The standard InChI is InChI=1S/C19H15ClF7N5O2/c1-8-16(33)28-4-5-32(8)17(34)31-13(9-6-10(20)14(29-7-9)18(22,23)24)12-3-2-11(21)15(30-12)19(25,26)27/h2-3,6-8,13H,4-5H2,1H3,(H,28,33)(H,31,34). The molecule has 2 unspecified atom stereocenters. The van der Waals surface area contributed by atoms with E-state index in [1.165, 1.54) is 6.92 Å². The van der Waals surface area contributed by atoms with Gasteiger partial charge in [-0.05, 0) is 25.1 Å². The third-order valence-corrected chi connectivity index (χ3v) is 5.21. The highest BCUT2D eigenvalue weighted by atomic mass is 35.5. The van der Waals surface area contributed by atoms with Crippen LogP contribution in [0.3, 0.4) is 0 Å². The van der Waals surface area contributed by atoms with E-state index in [-0.39, 0.29) is 18.7 Å². The number of nitrogens with one attached hydrogen (secondary N) is 2. The summed E-state index contributed by atoms with van der Waals surface area (Å²) in [4.78, 5) is 32.2. The van der Waals surface area contributed by atoms with Crippen LogP contribution in [0.2, 0.25) is 5.02 Å².